The molecule has 0 aromatic heterocycles. The van der Waals surface area contributed by atoms with Crippen LogP contribution in [0.1, 0.15) is 23.7 Å². The number of rotatable bonds is 1. The number of phenolic OH excluding ortho intramolecular Hbond substituents is 1. The zero-order valence-electron chi connectivity index (χ0n) is 10.1. The second-order valence-electron chi connectivity index (χ2n) is 4.70. The molecule has 0 radical (unpaired) electrons. The second kappa shape index (κ2) is 5.49. The van der Waals surface area contributed by atoms with Gasteiger partial charge >= 0.3 is 0 Å². The molecule has 2 rings (SSSR count). The third-order valence-electron chi connectivity index (χ3n) is 3.33. The first kappa shape index (κ1) is 13.7. The molecule has 5 heteroatoms. The number of nitrogens with zero attached hydrogens (tertiary/aromatic N) is 1. The Kier molecular flexibility index (Phi) is 4.17. The van der Waals surface area contributed by atoms with Gasteiger partial charge in [0, 0.05) is 17.9 Å². The third kappa shape index (κ3) is 2.81. The number of benzene rings is 1. The van der Waals surface area contributed by atoms with Gasteiger partial charge < -0.3 is 10.0 Å². The summed E-state index contributed by atoms with van der Waals surface area (Å²) in [5.41, 5.74) is 0.367. The fraction of sp³-hybridized carbons (Fsp3) is 0.462. The van der Waals surface area contributed by atoms with Crippen molar-refractivity contribution in [1.82, 2.24) is 4.90 Å². The number of hydrogen-bond donors (Lipinski definition) is 1. The predicted octanol–water partition coefficient (Wildman–Crippen LogP) is 3.29. The summed E-state index contributed by atoms with van der Waals surface area (Å²) >= 11 is 9.60. The van der Waals surface area contributed by atoms with E-state index in [-0.39, 0.29) is 11.7 Å². The van der Waals surface area contributed by atoms with Crippen LogP contribution in [0.2, 0.25) is 5.02 Å². The van der Waals surface area contributed by atoms with Crippen molar-refractivity contribution in [3.05, 3.63) is 28.8 Å². The molecule has 1 aliphatic rings. The molecule has 0 spiro atoms. The van der Waals surface area contributed by atoms with Gasteiger partial charge in [-0.25, -0.2) is 0 Å². The summed E-state index contributed by atoms with van der Waals surface area (Å²) in [7, 11) is 0. The topological polar surface area (TPSA) is 40.5 Å². The average Bonchev–Trinajstić information content (AvgIpc) is 2.35. The molecule has 0 saturated carbocycles. The fourth-order valence-electron chi connectivity index (χ4n) is 2.05. The number of carbonyl (C=O) groups is 1. The van der Waals surface area contributed by atoms with Gasteiger partial charge in [0.2, 0.25) is 0 Å². The Labute approximate surface area is 120 Å². The highest BCUT2D eigenvalue weighted by Crippen LogP contribution is 2.27. The second-order valence-corrected chi connectivity index (χ2v) is 6.28. The van der Waals surface area contributed by atoms with Gasteiger partial charge in [0.25, 0.3) is 5.91 Å². The van der Waals surface area contributed by atoms with Crippen molar-refractivity contribution in [2.45, 2.75) is 18.2 Å². The summed E-state index contributed by atoms with van der Waals surface area (Å²) in [5.74, 6) is 0.504. The van der Waals surface area contributed by atoms with Crippen molar-refractivity contribution >= 4 is 33.4 Å². The summed E-state index contributed by atoms with van der Waals surface area (Å²) in [4.78, 5) is 14.4. The van der Waals surface area contributed by atoms with Crippen LogP contribution in [0.15, 0.2) is 18.2 Å². The van der Waals surface area contributed by atoms with E-state index in [1.807, 2.05) is 0 Å². The van der Waals surface area contributed by atoms with Crippen molar-refractivity contribution in [2.24, 2.45) is 5.92 Å². The lowest BCUT2D eigenvalue weighted by Gasteiger charge is -2.34. The monoisotopic (exact) mass is 331 g/mol. The molecule has 3 nitrogen and oxygen atoms in total. The van der Waals surface area contributed by atoms with Gasteiger partial charge in [0.15, 0.2) is 0 Å². The first-order valence-corrected chi connectivity index (χ1v) is 7.20. The Morgan fingerprint density at radius 2 is 2.28 bits per heavy atom. The highest BCUT2D eigenvalue weighted by molar-refractivity contribution is 9.09. The van der Waals surface area contributed by atoms with Gasteiger partial charge in [-0.1, -0.05) is 34.5 Å². The number of piperidine rings is 1. The maximum absolute atomic E-state index is 12.3. The van der Waals surface area contributed by atoms with E-state index in [9.17, 15) is 9.90 Å². The minimum absolute atomic E-state index is 0.0588. The molecule has 1 fully saturated rings. The van der Waals surface area contributed by atoms with Crippen molar-refractivity contribution < 1.29 is 9.90 Å². The number of hydrogen-bond acceptors (Lipinski definition) is 2. The van der Waals surface area contributed by atoms with Crippen LogP contribution in [-0.4, -0.2) is 33.8 Å². The molecule has 0 bridgehead atoms. The normalized spacial score (nSPS) is 24.1. The van der Waals surface area contributed by atoms with Gasteiger partial charge in [0.05, 0.1) is 10.6 Å². The number of phenols is 1. The van der Waals surface area contributed by atoms with Crippen LogP contribution < -0.4 is 0 Å². The molecule has 1 aliphatic heterocycles. The van der Waals surface area contributed by atoms with Gasteiger partial charge in [-0.2, -0.15) is 0 Å². The van der Waals surface area contributed by atoms with E-state index in [0.29, 0.717) is 27.9 Å². The van der Waals surface area contributed by atoms with Gasteiger partial charge in [-0.15, -0.1) is 0 Å². The lowest BCUT2D eigenvalue weighted by Crippen LogP contribution is -2.43. The number of carbonyl (C=O) groups excluding carboxylic acids is 1. The Bertz CT molecular complexity index is 466. The van der Waals surface area contributed by atoms with Crippen molar-refractivity contribution in [1.29, 1.82) is 0 Å². The number of halogens is 2. The average molecular weight is 333 g/mol. The summed E-state index contributed by atoms with van der Waals surface area (Å²) in [6.45, 7) is 3.57. The number of aromatic hydroxyl groups is 1. The zero-order chi connectivity index (χ0) is 13.3. The highest BCUT2D eigenvalue weighted by Gasteiger charge is 2.28. The first-order chi connectivity index (χ1) is 8.49. The molecule has 98 valence electrons. The molecule has 18 heavy (non-hydrogen) atoms. The minimum Gasteiger partial charge on any atom is -0.508 e. The van der Waals surface area contributed by atoms with E-state index in [2.05, 4.69) is 22.9 Å². The first-order valence-electron chi connectivity index (χ1n) is 5.91. The Morgan fingerprint density at radius 1 is 1.56 bits per heavy atom. The molecule has 1 aromatic rings. The summed E-state index contributed by atoms with van der Waals surface area (Å²) in [6, 6.07) is 4.44. The van der Waals surface area contributed by atoms with Crippen molar-refractivity contribution in [3.8, 4) is 5.75 Å². The number of alkyl halides is 1. The maximum Gasteiger partial charge on any atom is 0.255 e. The van der Waals surface area contributed by atoms with Crippen LogP contribution in [0.25, 0.3) is 0 Å². The standard InChI is InChI=1S/C13H15BrClNO2/c1-8-4-5-16(7-11(8)14)13(18)10-6-9(17)2-3-12(10)15/h2-3,6,8,11,17H,4-5,7H2,1H3. The Morgan fingerprint density at radius 3 is 2.94 bits per heavy atom. The molecule has 1 aromatic carbocycles. The minimum atomic E-state index is -0.118. The van der Waals surface area contributed by atoms with E-state index < -0.39 is 0 Å². The fourth-order valence-corrected chi connectivity index (χ4v) is 2.87. The van der Waals surface area contributed by atoms with Crippen molar-refractivity contribution in [2.75, 3.05) is 13.1 Å². The lowest BCUT2D eigenvalue weighted by molar-refractivity contribution is 0.0705. The quantitative estimate of drug-likeness (QED) is 0.802. The number of likely N-dealkylation sites (tertiary alicyclic amines) is 1. The zero-order valence-corrected chi connectivity index (χ0v) is 12.4. The van der Waals surface area contributed by atoms with Gasteiger partial charge in [0.1, 0.15) is 5.75 Å². The van der Waals surface area contributed by atoms with Crippen LogP contribution in [0.5, 0.6) is 5.75 Å². The number of amides is 1. The summed E-state index contributed by atoms with van der Waals surface area (Å²) < 4.78 is 0. The smallest absolute Gasteiger partial charge is 0.255 e. The molecular formula is C13H15BrClNO2. The molecular weight excluding hydrogens is 318 g/mol. The largest absolute Gasteiger partial charge is 0.508 e. The van der Waals surface area contributed by atoms with Crippen LogP contribution in [0.4, 0.5) is 0 Å². The van der Waals surface area contributed by atoms with Crippen LogP contribution >= 0.6 is 27.5 Å². The van der Waals surface area contributed by atoms with Crippen molar-refractivity contribution in [3.63, 3.8) is 0 Å². The van der Waals surface area contributed by atoms with Gasteiger partial charge in [-0.05, 0) is 30.5 Å². The molecule has 1 heterocycles. The SMILES string of the molecule is CC1CCN(C(=O)c2cc(O)ccc2Cl)CC1Br. The van der Waals surface area contributed by atoms with E-state index in [0.717, 1.165) is 13.0 Å². The van der Waals surface area contributed by atoms with Gasteiger partial charge in [-0.3, -0.25) is 4.79 Å². The Balaban J connectivity index is 2.19. The predicted molar refractivity (Wildman–Crippen MR) is 75.5 cm³/mol. The van der Waals surface area contributed by atoms with E-state index in [1.54, 1.807) is 11.0 Å². The van der Waals surface area contributed by atoms with E-state index >= 15 is 0 Å². The molecule has 1 N–H and O–H groups in total. The van der Waals surface area contributed by atoms with E-state index in [4.69, 9.17) is 11.6 Å². The Hall–Kier alpha value is -0.740. The lowest BCUT2D eigenvalue weighted by atomic mass is 9.98. The molecule has 2 atom stereocenters. The van der Waals surface area contributed by atoms with Crippen LogP contribution in [-0.2, 0) is 0 Å². The molecule has 2 unspecified atom stereocenters. The molecule has 0 aliphatic carbocycles. The summed E-state index contributed by atoms with van der Waals surface area (Å²) in [6.07, 6.45) is 0.970. The van der Waals surface area contributed by atoms with Crippen LogP contribution in [0, 0.1) is 5.92 Å². The summed E-state index contributed by atoms with van der Waals surface area (Å²) in [5, 5.41) is 9.82. The molecule has 1 saturated heterocycles. The van der Waals surface area contributed by atoms with E-state index in [1.165, 1.54) is 12.1 Å². The maximum atomic E-state index is 12.3. The molecule has 1 amide bonds. The highest BCUT2D eigenvalue weighted by atomic mass is 79.9. The van der Waals surface area contributed by atoms with Crippen LogP contribution in [0.3, 0.4) is 0 Å². The third-order valence-corrected chi connectivity index (χ3v) is 4.86.